The summed E-state index contributed by atoms with van der Waals surface area (Å²) in [4.78, 5) is 12.5. The molecule has 0 saturated heterocycles. The average molecular weight is 372 g/mol. The van der Waals surface area contributed by atoms with E-state index < -0.39 is 0 Å². The first-order valence-corrected chi connectivity index (χ1v) is 10.00. The van der Waals surface area contributed by atoms with E-state index in [9.17, 15) is 4.79 Å². The minimum absolute atomic E-state index is 0.0938. The molecule has 0 saturated carbocycles. The monoisotopic (exact) mass is 371 g/mol. The SMILES string of the molecule is CCCOC(=O)c1cc2cccn2c(C(CC)OCc2ccsc2)c1C. The number of hydrogen-bond donors (Lipinski definition) is 0. The second-order valence-electron chi connectivity index (χ2n) is 6.35. The summed E-state index contributed by atoms with van der Waals surface area (Å²) in [6, 6.07) is 7.98. The second kappa shape index (κ2) is 8.52. The van der Waals surface area contributed by atoms with E-state index in [1.54, 1.807) is 11.3 Å². The van der Waals surface area contributed by atoms with Gasteiger partial charge in [0.25, 0.3) is 0 Å². The summed E-state index contributed by atoms with van der Waals surface area (Å²) >= 11 is 1.67. The van der Waals surface area contributed by atoms with Gasteiger partial charge in [-0.2, -0.15) is 11.3 Å². The highest BCUT2D eigenvalue weighted by atomic mass is 32.1. The Labute approximate surface area is 158 Å². The first-order valence-electron chi connectivity index (χ1n) is 9.06. The fourth-order valence-corrected chi connectivity index (χ4v) is 3.80. The number of hydrogen-bond acceptors (Lipinski definition) is 4. The highest BCUT2D eigenvalue weighted by molar-refractivity contribution is 7.07. The average Bonchev–Trinajstić information content (AvgIpc) is 3.32. The molecule has 3 heterocycles. The van der Waals surface area contributed by atoms with E-state index >= 15 is 0 Å². The van der Waals surface area contributed by atoms with Crippen LogP contribution < -0.4 is 0 Å². The lowest BCUT2D eigenvalue weighted by molar-refractivity contribution is 0.0330. The van der Waals surface area contributed by atoms with Crippen LogP contribution in [-0.4, -0.2) is 17.0 Å². The summed E-state index contributed by atoms with van der Waals surface area (Å²) in [6.45, 7) is 7.08. The summed E-state index contributed by atoms with van der Waals surface area (Å²) in [5, 5.41) is 4.16. The van der Waals surface area contributed by atoms with Crippen molar-refractivity contribution in [1.29, 1.82) is 0 Å². The van der Waals surface area contributed by atoms with E-state index in [1.807, 2.05) is 38.2 Å². The number of fused-ring (bicyclic) bond motifs is 1. The summed E-state index contributed by atoms with van der Waals surface area (Å²) in [6.07, 6.45) is 3.57. The molecule has 1 atom stereocenters. The lowest BCUT2D eigenvalue weighted by Gasteiger charge is -2.22. The Kier molecular flexibility index (Phi) is 6.12. The Morgan fingerprint density at radius 1 is 1.31 bits per heavy atom. The van der Waals surface area contributed by atoms with Crippen molar-refractivity contribution in [2.24, 2.45) is 0 Å². The highest BCUT2D eigenvalue weighted by Crippen LogP contribution is 2.30. The molecule has 0 aliphatic heterocycles. The van der Waals surface area contributed by atoms with Gasteiger partial charge in [-0.1, -0.05) is 13.8 Å². The van der Waals surface area contributed by atoms with Crippen molar-refractivity contribution >= 4 is 22.8 Å². The molecule has 0 bridgehead atoms. The number of pyridine rings is 1. The summed E-state index contributed by atoms with van der Waals surface area (Å²) in [7, 11) is 0. The van der Waals surface area contributed by atoms with Gasteiger partial charge in [0, 0.05) is 11.7 Å². The Morgan fingerprint density at radius 2 is 2.15 bits per heavy atom. The largest absolute Gasteiger partial charge is 0.462 e. The number of thiophene rings is 1. The first kappa shape index (κ1) is 18.7. The molecule has 0 N–H and O–H groups in total. The molecule has 0 aromatic carbocycles. The molecule has 0 aliphatic carbocycles. The smallest absolute Gasteiger partial charge is 0.338 e. The van der Waals surface area contributed by atoms with Crippen molar-refractivity contribution in [3.8, 4) is 0 Å². The number of aromatic nitrogens is 1. The van der Waals surface area contributed by atoms with E-state index in [4.69, 9.17) is 9.47 Å². The first-order chi connectivity index (χ1) is 12.7. The molecule has 0 radical (unpaired) electrons. The Morgan fingerprint density at radius 3 is 2.85 bits per heavy atom. The molecule has 5 heteroatoms. The molecule has 26 heavy (non-hydrogen) atoms. The van der Waals surface area contributed by atoms with E-state index in [0.717, 1.165) is 29.6 Å². The fraction of sp³-hybridized carbons (Fsp3) is 0.381. The number of esters is 1. The molecule has 0 amide bonds. The van der Waals surface area contributed by atoms with Crippen molar-refractivity contribution in [1.82, 2.24) is 4.40 Å². The summed E-state index contributed by atoms with van der Waals surface area (Å²) in [5.41, 5.74) is 4.72. The predicted molar refractivity (Wildman–Crippen MR) is 105 cm³/mol. The van der Waals surface area contributed by atoms with Gasteiger partial charge in [0.05, 0.1) is 30.6 Å². The Bertz CT molecular complexity index is 867. The van der Waals surface area contributed by atoms with Crippen molar-refractivity contribution in [2.75, 3.05) is 6.61 Å². The third-order valence-electron chi connectivity index (χ3n) is 4.48. The van der Waals surface area contributed by atoms with E-state index in [2.05, 4.69) is 28.2 Å². The molecular weight excluding hydrogens is 346 g/mol. The van der Waals surface area contributed by atoms with Crippen LogP contribution in [0, 0.1) is 6.92 Å². The van der Waals surface area contributed by atoms with E-state index in [0.29, 0.717) is 18.8 Å². The third kappa shape index (κ3) is 3.84. The van der Waals surface area contributed by atoms with Crippen molar-refractivity contribution < 1.29 is 14.3 Å². The summed E-state index contributed by atoms with van der Waals surface area (Å²) in [5.74, 6) is -0.262. The standard InChI is InChI=1S/C21H25NO3S/c1-4-10-24-21(23)18-12-17-7-6-9-22(17)20(15(18)3)19(5-2)25-13-16-8-11-26-14-16/h6-9,11-12,14,19H,4-5,10,13H2,1-3H3. The normalized spacial score (nSPS) is 12.4. The maximum Gasteiger partial charge on any atom is 0.338 e. The minimum Gasteiger partial charge on any atom is -0.462 e. The maximum atomic E-state index is 12.5. The number of carbonyl (C=O) groups excluding carboxylic acids is 1. The van der Waals surface area contributed by atoms with Gasteiger partial charge >= 0.3 is 5.97 Å². The number of nitrogens with zero attached hydrogens (tertiary/aromatic N) is 1. The zero-order valence-electron chi connectivity index (χ0n) is 15.5. The van der Waals surface area contributed by atoms with Gasteiger partial charge in [-0.05, 0) is 65.9 Å². The number of ether oxygens (including phenoxy) is 2. The van der Waals surface area contributed by atoms with Crippen molar-refractivity contribution in [3.63, 3.8) is 0 Å². The molecule has 3 aromatic heterocycles. The van der Waals surface area contributed by atoms with Crippen LogP contribution in [-0.2, 0) is 16.1 Å². The molecule has 0 spiro atoms. The topological polar surface area (TPSA) is 39.9 Å². The molecule has 138 valence electrons. The van der Waals surface area contributed by atoms with E-state index in [-0.39, 0.29) is 12.1 Å². The zero-order valence-corrected chi connectivity index (χ0v) is 16.3. The molecule has 4 nitrogen and oxygen atoms in total. The quantitative estimate of drug-likeness (QED) is 0.488. The van der Waals surface area contributed by atoms with Gasteiger partial charge in [-0.25, -0.2) is 4.79 Å². The predicted octanol–water partition coefficient (Wildman–Crippen LogP) is 5.54. The number of rotatable bonds is 8. The van der Waals surface area contributed by atoms with Gasteiger partial charge in [-0.15, -0.1) is 0 Å². The minimum atomic E-state index is -0.262. The maximum absolute atomic E-state index is 12.5. The second-order valence-corrected chi connectivity index (χ2v) is 7.13. The van der Waals surface area contributed by atoms with E-state index in [1.165, 1.54) is 5.56 Å². The van der Waals surface area contributed by atoms with Gasteiger partial charge in [0.2, 0.25) is 0 Å². The fourth-order valence-electron chi connectivity index (χ4n) is 3.15. The molecular formula is C21H25NO3S. The van der Waals surface area contributed by atoms with Crippen LogP contribution in [0.1, 0.15) is 60.0 Å². The van der Waals surface area contributed by atoms with Gasteiger partial charge in [0.15, 0.2) is 0 Å². The highest BCUT2D eigenvalue weighted by Gasteiger charge is 2.22. The van der Waals surface area contributed by atoms with Crippen LogP contribution in [0.15, 0.2) is 41.2 Å². The number of carbonyl (C=O) groups is 1. The van der Waals surface area contributed by atoms with Gasteiger partial charge in [-0.3, -0.25) is 0 Å². The Balaban J connectivity index is 1.97. The zero-order chi connectivity index (χ0) is 18.5. The van der Waals surface area contributed by atoms with Crippen LogP contribution >= 0.6 is 11.3 Å². The van der Waals surface area contributed by atoms with Crippen LogP contribution in [0.4, 0.5) is 0 Å². The van der Waals surface area contributed by atoms with Gasteiger partial charge < -0.3 is 13.9 Å². The van der Waals surface area contributed by atoms with Crippen molar-refractivity contribution in [2.45, 2.75) is 46.3 Å². The van der Waals surface area contributed by atoms with Crippen LogP contribution in [0.25, 0.3) is 5.52 Å². The van der Waals surface area contributed by atoms with Crippen LogP contribution in [0.2, 0.25) is 0 Å². The lowest BCUT2D eigenvalue weighted by atomic mass is 10.0. The molecule has 0 fully saturated rings. The molecule has 0 aliphatic rings. The third-order valence-corrected chi connectivity index (χ3v) is 5.22. The molecule has 1 unspecified atom stereocenters. The van der Waals surface area contributed by atoms with Gasteiger partial charge in [0.1, 0.15) is 0 Å². The Hall–Kier alpha value is -2.11. The summed E-state index contributed by atoms with van der Waals surface area (Å²) < 4.78 is 13.7. The molecule has 3 aromatic rings. The van der Waals surface area contributed by atoms with Crippen LogP contribution in [0.3, 0.4) is 0 Å². The van der Waals surface area contributed by atoms with Crippen LogP contribution in [0.5, 0.6) is 0 Å². The lowest BCUT2D eigenvalue weighted by Crippen LogP contribution is -2.15. The van der Waals surface area contributed by atoms with Crippen molar-refractivity contribution in [3.05, 3.63) is 63.6 Å². The molecule has 3 rings (SSSR count).